The molecule has 0 saturated carbocycles. The molecule has 0 amide bonds. The minimum Gasteiger partial charge on any atom is -0.493 e. The van der Waals surface area contributed by atoms with Crippen LogP contribution in [0.15, 0.2) is 53.1 Å². The van der Waals surface area contributed by atoms with Gasteiger partial charge in [-0.1, -0.05) is 12.1 Å². The van der Waals surface area contributed by atoms with Gasteiger partial charge in [0.2, 0.25) is 5.75 Å². The zero-order valence-electron chi connectivity index (χ0n) is 16.8. The highest BCUT2D eigenvalue weighted by molar-refractivity contribution is 5.55. The van der Waals surface area contributed by atoms with Crippen molar-refractivity contribution in [1.29, 1.82) is 0 Å². The van der Waals surface area contributed by atoms with Crippen LogP contribution in [0.5, 0.6) is 17.2 Å². The number of aromatic nitrogens is 1. The molecule has 1 aromatic carbocycles. The van der Waals surface area contributed by atoms with E-state index in [2.05, 4.69) is 9.88 Å². The van der Waals surface area contributed by atoms with E-state index in [1.54, 1.807) is 27.6 Å². The van der Waals surface area contributed by atoms with E-state index in [9.17, 15) is 0 Å². The standard InChI is InChI=1S/C22H26N2O4/c1-16-7-5-8-18(23-16)14-24(15-19-9-6-12-28-19)13-17-10-11-20(25-2)22(27-4)21(17)26-3/h5-12H,13-15H2,1-4H3. The van der Waals surface area contributed by atoms with Gasteiger partial charge in [-0.25, -0.2) is 0 Å². The number of pyridine rings is 1. The molecular weight excluding hydrogens is 356 g/mol. The van der Waals surface area contributed by atoms with Crippen molar-refractivity contribution in [2.24, 2.45) is 0 Å². The summed E-state index contributed by atoms with van der Waals surface area (Å²) in [5.74, 6) is 2.80. The van der Waals surface area contributed by atoms with Crippen molar-refractivity contribution in [3.05, 3.63) is 71.4 Å². The SMILES string of the molecule is COc1ccc(CN(Cc2cccc(C)n2)Cc2ccco2)c(OC)c1OC. The van der Waals surface area contributed by atoms with Crippen LogP contribution in [-0.2, 0) is 19.6 Å². The molecule has 6 nitrogen and oxygen atoms in total. The molecule has 0 aliphatic rings. The van der Waals surface area contributed by atoms with Crippen LogP contribution in [0.3, 0.4) is 0 Å². The topological polar surface area (TPSA) is 57.0 Å². The highest BCUT2D eigenvalue weighted by atomic mass is 16.5. The predicted molar refractivity (Wildman–Crippen MR) is 107 cm³/mol. The van der Waals surface area contributed by atoms with Crippen molar-refractivity contribution in [3.63, 3.8) is 0 Å². The van der Waals surface area contributed by atoms with Crippen LogP contribution in [0.1, 0.15) is 22.7 Å². The fourth-order valence-electron chi connectivity index (χ4n) is 3.24. The maximum atomic E-state index is 5.64. The number of nitrogens with zero attached hydrogens (tertiary/aromatic N) is 2. The summed E-state index contributed by atoms with van der Waals surface area (Å²) in [6.45, 7) is 3.97. The molecule has 0 radical (unpaired) electrons. The predicted octanol–water partition coefficient (Wildman–Crippen LogP) is 4.21. The van der Waals surface area contributed by atoms with Gasteiger partial charge in [0.15, 0.2) is 11.5 Å². The molecule has 6 heteroatoms. The highest BCUT2D eigenvalue weighted by Crippen LogP contribution is 2.40. The monoisotopic (exact) mass is 382 g/mol. The van der Waals surface area contributed by atoms with Gasteiger partial charge in [0.1, 0.15) is 5.76 Å². The van der Waals surface area contributed by atoms with Crippen LogP contribution in [0, 0.1) is 6.92 Å². The van der Waals surface area contributed by atoms with Gasteiger partial charge >= 0.3 is 0 Å². The summed E-state index contributed by atoms with van der Waals surface area (Å²) in [6.07, 6.45) is 1.69. The van der Waals surface area contributed by atoms with Gasteiger partial charge in [0.25, 0.3) is 0 Å². The molecule has 0 N–H and O–H groups in total. The molecule has 0 spiro atoms. The lowest BCUT2D eigenvalue weighted by Crippen LogP contribution is -2.23. The first kappa shape index (κ1) is 19.8. The molecule has 0 aliphatic heterocycles. The fraction of sp³-hybridized carbons (Fsp3) is 0.318. The van der Waals surface area contributed by atoms with Gasteiger partial charge in [-0.2, -0.15) is 0 Å². The second kappa shape index (κ2) is 9.28. The Labute approximate surface area is 165 Å². The Morgan fingerprint density at radius 3 is 2.32 bits per heavy atom. The number of aryl methyl sites for hydroxylation is 1. The third-order valence-corrected chi connectivity index (χ3v) is 4.47. The van der Waals surface area contributed by atoms with E-state index >= 15 is 0 Å². The van der Waals surface area contributed by atoms with E-state index in [1.165, 1.54) is 0 Å². The van der Waals surface area contributed by atoms with Crippen LogP contribution in [0.25, 0.3) is 0 Å². The first-order chi connectivity index (χ1) is 13.6. The van der Waals surface area contributed by atoms with Crippen LogP contribution in [-0.4, -0.2) is 31.2 Å². The molecule has 28 heavy (non-hydrogen) atoms. The van der Waals surface area contributed by atoms with E-state index in [0.717, 1.165) is 22.7 Å². The maximum absolute atomic E-state index is 5.64. The Morgan fingerprint density at radius 2 is 1.68 bits per heavy atom. The summed E-state index contributed by atoms with van der Waals surface area (Å²) in [7, 11) is 4.87. The number of methoxy groups -OCH3 is 3. The van der Waals surface area contributed by atoms with Crippen molar-refractivity contribution in [2.75, 3.05) is 21.3 Å². The third-order valence-electron chi connectivity index (χ3n) is 4.47. The summed E-state index contributed by atoms with van der Waals surface area (Å²) in [5, 5.41) is 0. The summed E-state index contributed by atoms with van der Waals surface area (Å²) < 4.78 is 22.1. The molecule has 0 aliphatic carbocycles. The van der Waals surface area contributed by atoms with Crippen molar-refractivity contribution in [1.82, 2.24) is 9.88 Å². The lowest BCUT2D eigenvalue weighted by atomic mass is 10.1. The molecular formula is C22H26N2O4. The number of hydrogen-bond donors (Lipinski definition) is 0. The van der Waals surface area contributed by atoms with Crippen LogP contribution >= 0.6 is 0 Å². The highest BCUT2D eigenvalue weighted by Gasteiger charge is 2.19. The molecule has 2 aromatic heterocycles. The fourth-order valence-corrected chi connectivity index (χ4v) is 3.24. The molecule has 0 unspecified atom stereocenters. The van der Waals surface area contributed by atoms with Crippen molar-refractivity contribution in [2.45, 2.75) is 26.6 Å². The summed E-state index contributed by atoms with van der Waals surface area (Å²) in [5.41, 5.74) is 3.00. The summed E-state index contributed by atoms with van der Waals surface area (Å²) in [6, 6.07) is 13.8. The Morgan fingerprint density at radius 1 is 0.857 bits per heavy atom. The first-order valence-corrected chi connectivity index (χ1v) is 9.09. The quantitative estimate of drug-likeness (QED) is 0.553. The van der Waals surface area contributed by atoms with E-state index in [1.807, 2.05) is 49.4 Å². The van der Waals surface area contributed by atoms with Gasteiger partial charge < -0.3 is 18.6 Å². The lowest BCUT2D eigenvalue weighted by Gasteiger charge is -2.23. The van der Waals surface area contributed by atoms with Crippen LogP contribution in [0.4, 0.5) is 0 Å². The average Bonchev–Trinajstić information content (AvgIpc) is 3.20. The molecule has 0 atom stereocenters. The second-order valence-electron chi connectivity index (χ2n) is 6.49. The molecule has 2 heterocycles. The Kier molecular flexibility index (Phi) is 6.55. The van der Waals surface area contributed by atoms with E-state index in [0.29, 0.717) is 36.9 Å². The smallest absolute Gasteiger partial charge is 0.203 e. The number of ether oxygens (including phenoxy) is 3. The maximum Gasteiger partial charge on any atom is 0.203 e. The second-order valence-corrected chi connectivity index (χ2v) is 6.49. The molecule has 0 saturated heterocycles. The van der Waals surface area contributed by atoms with Gasteiger partial charge in [0.05, 0.1) is 39.8 Å². The Balaban J connectivity index is 1.90. The molecule has 3 aromatic rings. The zero-order chi connectivity index (χ0) is 19.9. The normalized spacial score (nSPS) is 10.9. The van der Waals surface area contributed by atoms with Crippen LogP contribution in [0.2, 0.25) is 0 Å². The number of furan rings is 1. The van der Waals surface area contributed by atoms with Crippen molar-refractivity contribution in [3.8, 4) is 17.2 Å². The Hall–Kier alpha value is -2.99. The van der Waals surface area contributed by atoms with Gasteiger partial charge in [0, 0.05) is 24.3 Å². The van der Waals surface area contributed by atoms with Crippen molar-refractivity contribution < 1.29 is 18.6 Å². The molecule has 0 bridgehead atoms. The van der Waals surface area contributed by atoms with Gasteiger partial charge in [-0.05, 0) is 37.3 Å². The summed E-state index contributed by atoms with van der Waals surface area (Å²) >= 11 is 0. The molecule has 0 fully saturated rings. The number of hydrogen-bond acceptors (Lipinski definition) is 6. The first-order valence-electron chi connectivity index (χ1n) is 9.09. The number of rotatable bonds is 9. The largest absolute Gasteiger partial charge is 0.493 e. The average molecular weight is 382 g/mol. The van der Waals surface area contributed by atoms with Crippen LogP contribution < -0.4 is 14.2 Å². The Bertz CT molecular complexity index is 894. The van der Waals surface area contributed by atoms with E-state index < -0.39 is 0 Å². The van der Waals surface area contributed by atoms with Crippen molar-refractivity contribution >= 4 is 0 Å². The number of benzene rings is 1. The zero-order valence-corrected chi connectivity index (χ0v) is 16.8. The molecule has 148 valence electrons. The van der Waals surface area contributed by atoms with Gasteiger partial charge in [-0.15, -0.1) is 0 Å². The minimum absolute atomic E-state index is 0.592. The summed E-state index contributed by atoms with van der Waals surface area (Å²) in [4.78, 5) is 6.89. The van der Waals surface area contributed by atoms with E-state index in [-0.39, 0.29) is 0 Å². The third kappa shape index (κ3) is 4.64. The van der Waals surface area contributed by atoms with E-state index in [4.69, 9.17) is 18.6 Å². The minimum atomic E-state index is 0.592. The van der Waals surface area contributed by atoms with Gasteiger partial charge in [-0.3, -0.25) is 9.88 Å². The molecule has 3 rings (SSSR count). The lowest BCUT2D eigenvalue weighted by molar-refractivity contribution is 0.219.